The molecule has 0 unspecified atom stereocenters. The van der Waals surface area contributed by atoms with Gasteiger partial charge in [-0.3, -0.25) is 4.79 Å². The highest BCUT2D eigenvalue weighted by Gasteiger charge is 2.26. The van der Waals surface area contributed by atoms with Crippen LogP contribution < -0.4 is 9.64 Å². The average Bonchev–Trinajstić information content (AvgIpc) is 2.88. The van der Waals surface area contributed by atoms with E-state index in [-0.39, 0.29) is 5.91 Å². The molecular weight excluding hydrogens is 446 g/mol. The van der Waals surface area contributed by atoms with Gasteiger partial charge in [-0.1, -0.05) is 53.6 Å². The monoisotopic (exact) mass is 471 g/mol. The molecule has 5 nitrogen and oxygen atoms in total. The van der Waals surface area contributed by atoms with Gasteiger partial charge in [0.15, 0.2) is 0 Å². The summed E-state index contributed by atoms with van der Waals surface area (Å²) in [7, 11) is 1.69. The zero-order chi connectivity index (χ0) is 23.7. The number of para-hydroxylation sites is 2. The van der Waals surface area contributed by atoms with E-state index in [2.05, 4.69) is 11.0 Å². The van der Waals surface area contributed by atoms with E-state index in [1.165, 1.54) is 0 Å². The second kappa shape index (κ2) is 9.35. The SMILES string of the molecule is COc1ccccc1N1CCN(C(=O)c2cc(-c3ccccc3Cl)nc3ccc(C)cc23)CC1. The largest absolute Gasteiger partial charge is 0.495 e. The third-order valence-electron chi connectivity index (χ3n) is 6.34. The molecule has 0 radical (unpaired) electrons. The van der Waals surface area contributed by atoms with Crippen LogP contribution in [0, 0.1) is 6.92 Å². The number of carbonyl (C=O) groups is 1. The van der Waals surface area contributed by atoms with Crippen molar-refractivity contribution in [1.82, 2.24) is 9.88 Å². The minimum absolute atomic E-state index is 0.0194. The molecule has 0 atom stereocenters. The number of aryl methyl sites for hydroxylation is 1. The van der Waals surface area contributed by atoms with E-state index in [1.807, 2.05) is 78.6 Å². The first-order valence-electron chi connectivity index (χ1n) is 11.4. The van der Waals surface area contributed by atoms with Crippen molar-refractivity contribution in [3.63, 3.8) is 0 Å². The summed E-state index contributed by atoms with van der Waals surface area (Å²) in [6.45, 7) is 4.78. The number of nitrogens with zero attached hydrogens (tertiary/aromatic N) is 3. The predicted molar refractivity (Wildman–Crippen MR) is 138 cm³/mol. The number of halogens is 1. The maximum Gasteiger partial charge on any atom is 0.254 e. The summed E-state index contributed by atoms with van der Waals surface area (Å²) in [5.41, 5.74) is 5.13. The molecule has 0 N–H and O–H groups in total. The van der Waals surface area contributed by atoms with Crippen LogP contribution in [0.5, 0.6) is 5.75 Å². The van der Waals surface area contributed by atoms with Crippen LogP contribution >= 0.6 is 11.6 Å². The summed E-state index contributed by atoms with van der Waals surface area (Å²) in [6.07, 6.45) is 0. The van der Waals surface area contributed by atoms with Gasteiger partial charge in [-0.25, -0.2) is 4.98 Å². The van der Waals surface area contributed by atoms with Crippen LogP contribution in [-0.2, 0) is 0 Å². The Labute approximate surface area is 204 Å². The fourth-order valence-corrected chi connectivity index (χ4v) is 4.77. The van der Waals surface area contributed by atoms with Crippen molar-refractivity contribution in [1.29, 1.82) is 0 Å². The van der Waals surface area contributed by atoms with Gasteiger partial charge in [-0.05, 0) is 43.3 Å². The fraction of sp³-hybridized carbons (Fsp3) is 0.214. The Balaban J connectivity index is 1.47. The molecule has 1 saturated heterocycles. The second-order valence-electron chi connectivity index (χ2n) is 8.51. The van der Waals surface area contributed by atoms with Crippen LogP contribution in [0.3, 0.4) is 0 Å². The topological polar surface area (TPSA) is 45.7 Å². The average molecular weight is 472 g/mol. The highest BCUT2D eigenvalue weighted by molar-refractivity contribution is 6.33. The Hall–Kier alpha value is -3.57. The molecule has 2 heterocycles. The maximum absolute atomic E-state index is 13.8. The Morgan fingerprint density at radius 1 is 0.941 bits per heavy atom. The van der Waals surface area contributed by atoms with Gasteiger partial charge in [0.25, 0.3) is 5.91 Å². The summed E-state index contributed by atoms with van der Waals surface area (Å²) in [5, 5.41) is 1.48. The molecule has 172 valence electrons. The normalized spacial score (nSPS) is 13.9. The number of hydrogen-bond acceptors (Lipinski definition) is 4. The van der Waals surface area contributed by atoms with E-state index in [4.69, 9.17) is 21.3 Å². The molecule has 1 fully saturated rings. The van der Waals surface area contributed by atoms with E-state index >= 15 is 0 Å². The molecule has 34 heavy (non-hydrogen) atoms. The fourth-order valence-electron chi connectivity index (χ4n) is 4.54. The van der Waals surface area contributed by atoms with Crippen molar-refractivity contribution in [3.8, 4) is 17.0 Å². The lowest BCUT2D eigenvalue weighted by Crippen LogP contribution is -2.49. The number of fused-ring (bicyclic) bond motifs is 1. The zero-order valence-corrected chi connectivity index (χ0v) is 20.0. The molecule has 1 amide bonds. The van der Waals surface area contributed by atoms with Gasteiger partial charge in [0.05, 0.1) is 29.6 Å². The van der Waals surface area contributed by atoms with Crippen LogP contribution in [0.1, 0.15) is 15.9 Å². The highest BCUT2D eigenvalue weighted by atomic mass is 35.5. The molecule has 1 aliphatic heterocycles. The molecule has 0 saturated carbocycles. The van der Waals surface area contributed by atoms with Crippen LogP contribution in [0.2, 0.25) is 5.02 Å². The molecule has 0 aliphatic carbocycles. The number of methoxy groups -OCH3 is 1. The Morgan fingerprint density at radius 3 is 2.44 bits per heavy atom. The molecule has 6 heteroatoms. The van der Waals surface area contributed by atoms with Crippen molar-refractivity contribution in [2.24, 2.45) is 0 Å². The van der Waals surface area contributed by atoms with E-state index in [0.29, 0.717) is 29.4 Å². The van der Waals surface area contributed by atoms with Crippen LogP contribution in [0.4, 0.5) is 5.69 Å². The molecule has 5 rings (SSSR count). The van der Waals surface area contributed by atoms with Gasteiger partial charge in [0, 0.05) is 42.2 Å². The van der Waals surface area contributed by atoms with E-state index in [0.717, 1.165) is 46.6 Å². The maximum atomic E-state index is 13.8. The number of amides is 1. The minimum atomic E-state index is 0.0194. The Kier molecular flexibility index (Phi) is 6.12. The van der Waals surface area contributed by atoms with Crippen LogP contribution in [-0.4, -0.2) is 49.1 Å². The third kappa shape index (κ3) is 4.19. The van der Waals surface area contributed by atoms with Crippen molar-refractivity contribution in [2.45, 2.75) is 6.92 Å². The zero-order valence-electron chi connectivity index (χ0n) is 19.3. The molecule has 0 spiro atoms. The number of benzene rings is 3. The van der Waals surface area contributed by atoms with Crippen LogP contribution in [0.25, 0.3) is 22.2 Å². The van der Waals surface area contributed by atoms with E-state index < -0.39 is 0 Å². The molecule has 1 aliphatic rings. The van der Waals surface area contributed by atoms with Gasteiger partial charge >= 0.3 is 0 Å². The Bertz CT molecular complexity index is 1360. The summed E-state index contributed by atoms with van der Waals surface area (Å²) < 4.78 is 5.53. The standard InChI is InChI=1S/C28H26ClN3O2/c1-19-11-12-24-21(17-19)22(18-25(30-24)20-7-3-4-8-23(20)29)28(33)32-15-13-31(14-16-32)26-9-5-6-10-27(26)34-2/h3-12,17-18H,13-16H2,1-2H3. The second-order valence-corrected chi connectivity index (χ2v) is 8.91. The summed E-state index contributed by atoms with van der Waals surface area (Å²) in [4.78, 5) is 22.8. The van der Waals surface area contributed by atoms with E-state index in [9.17, 15) is 4.79 Å². The number of hydrogen-bond donors (Lipinski definition) is 0. The van der Waals surface area contributed by atoms with Gasteiger partial charge in [-0.15, -0.1) is 0 Å². The molecule has 4 aromatic rings. The number of carbonyl (C=O) groups excluding carboxylic acids is 1. The first-order chi connectivity index (χ1) is 16.5. The Morgan fingerprint density at radius 2 is 1.68 bits per heavy atom. The number of anilines is 1. The molecular formula is C28H26ClN3O2. The van der Waals surface area contributed by atoms with Gasteiger partial charge < -0.3 is 14.5 Å². The number of ether oxygens (including phenoxy) is 1. The van der Waals surface area contributed by atoms with Gasteiger partial charge in [0.2, 0.25) is 0 Å². The molecule has 3 aromatic carbocycles. The number of aromatic nitrogens is 1. The van der Waals surface area contributed by atoms with Gasteiger partial charge in [0.1, 0.15) is 5.75 Å². The lowest BCUT2D eigenvalue weighted by molar-refractivity contribution is 0.0748. The van der Waals surface area contributed by atoms with Crippen molar-refractivity contribution in [2.75, 3.05) is 38.2 Å². The lowest BCUT2D eigenvalue weighted by Gasteiger charge is -2.36. The lowest BCUT2D eigenvalue weighted by atomic mass is 10.0. The smallest absolute Gasteiger partial charge is 0.254 e. The van der Waals surface area contributed by atoms with Crippen molar-refractivity contribution in [3.05, 3.63) is 88.9 Å². The van der Waals surface area contributed by atoms with Crippen LogP contribution in [0.15, 0.2) is 72.8 Å². The van der Waals surface area contributed by atoms with Gasteiger partial charge in [-0.2, -0.15) is 0 Å². The molecule has 0 bridgehead atoms. The predicted octanol–water partition coefficient (Wildman–Crippen LogP) is 5.83. The van der Waals surface area contributed by atoms with Crippen molar-refractivity contribution >= 4 is 34.1 Å². The minimum Gasteiger partial charge on any atom is -0.495 e. The summed E-state index contributed by atoms with van der Waals surface area (Å²) in [5.74, 6) is 0.869. The number of rotatable bonds is 4. The number of pyridine rings is 1. The number of piperazine rings is 1. The summed E-state index contributed by atoms with van der Waals surface area (Å²) >= 11 is 6.46. The first-order valence-corrected chi connectivity index (χ1v) is 11.8. The summed E-state index contributed by atoms with van der Waals surface area (Å²) in [6, 6.07) is 23.5. The highest BCUT2D eigenvalue weighted by Crippen LogP contribution is 2.32. The quantitative estimate of drug-likeness (QED) is 0.375. The first kappa shape index (κ1) is 22.2. The molecule has 1 aromatic heterocycles. The van der Waals surface area contributed by atoms with Crippen molar-refractivity contribution < 1.29 is 9.53 Å². The third-order valence-corrected chi connectivity index (χ3v) is 6.67. The van der Waals surface area contributed by atoms with E-state index in [1.54, 1.807) is 7.11 Å².